The highest BCUT2D eigenvalue weighted by Gasteiger charge is 2.33. The van der Waals surface area contributed by atoms with E-state index in [1.165, 1.54) is 5.56 Å². The summed E-state index contributed by atoms with van der Waals surface area (Å²) in [5.74, 6) is 0. The van der Waals surface area contributed by atoms with Crippen LogP contribution < -0.4 is 10.4 Å². The van der Waals surface area contributed by atoms with Crippen LogP contribution in [0.3, 0.4) is 0 Å². The molecule has 0 aliphatic rings. The van der Waals surface area contributed by atoms with Crippen molar-refractivity contribution in [2.45, 2.75) is 26.2 Å². The molecule has 2 aromatic carbocycles. The van der Waals surface area contributed by atoms with Gasteiger partial charge in [0.25, 0.3) is 0 Å². The number of hydrogen-bond donors (Lipinski definition) is 1. The van der Waals surface area contributed by atoms with E-state index in [0.29, 0.717) is 0 Å². The van der Waals surface area contributed by atoms with Crippen molar-refractivity contribution in [1.82, 2.24) is 0 Å². The van der Waals surface area contributed by atoms with Gasteiger partial charge in [0.2, 0.25) is 0 Å². The third-order valence-electron chi connectivity index (χ3n) is 3.29. The Kier molecular flexibility index (Phi) is 3.86. The second kappa shape index (κ2) is 5.12. The Labute approximate surface area is 120 Å². The quantitative estimate of drug-likeness (QED) is 0.666. The molecular weight excluding hydrogens is 272 g/mol. The molecule has 0 heterocycles. The summed E-state index contributed by atoms with van der Waals surface area (Å²) >= 11 is 6.45. The van der Waals surface area contributed by atoms with Crippen LogP contribution in [-0.4, -0.2) is 12.4 Å². The minimum absolute atomic E-state index is 0.108. The summed E-state index contributed by atoms with van der Waals surface area (Å²) in [4.78, 5) is 10.7. The molecule has 0 radical (unpaired) electrons. The molecule has 1 unspecified atom stereocenters. The van der Waals surface area contributed by atoms with Gasteiger partial charge in [0.05, 0.1) is 0 Å². The van der Waals surface area contributed by atoms with Crippen molar-refractivity contribution in [3.63, 3.8) is 0 Å². The monoisotopic (exact) mass is 290 g/mol. The van der Waals surface area contributed by atoms with Gasteiger partial charge in [-0.25, -0.2) is 0 Å². The lowest BCUT2D eigenvalue weighted by atomic mass is 9.87. The van der Waals surface area contributed by atoms with E-state index in [1.807, 2.05) is 42.5 Å². The second-order valence-corrected chi connectivity index (χ2v) is 9.86. The van der Waals surface area contributed by atoms with Gasteiger partial charge >= 0.3 is 7.63 Å². The van der Waals surface area contributed by atoms with Crippen LogP contribution in [0.2, 0.25) is 0 Å². The van der Waals surface area contributed by atoms with E-state index in [0.717, 1.165) is 10.4 Å². The van der Waals surface area contributed by atoms with Gasteiger partial charge in [0, 0.05) is 0 Å². The third kappa shape index (κ3) is 3.08. The molecule has 0 saturated heterocycles. The molecule has 1 atom stereocenters. The largest absolute Gasteiger partial charge is 0.413 e. The summed E-state index contributed by atoms with van der Waals surface area (Å²) < 4.78 is 0. The SMILES string of the molecule is CC(C)(C)c1ccc([Si](O)(Cl)c2ccccc2)cc1. The van der Waals surface area contributed by atoms with Crippen molar-refractivity contribution in [2.24, 2.45) is 0 Å². The van der Waals surface area contributed by atoms with Gasteiger partial charge in [-0.3, -0.25) is 0 Å². The number of hydrogen-bond acceptors (Lipinski definition) is 1. The fourth-order valence-corrected chi connectivity index (χ4v) is 4.35. The maximum Gasteiger partial charge on any atom is 0.352 e. The lowest BCUT2D eigenvalue weighted by molar-refractivity contribution is 0.587. The summed E-state index contributed by atoms with van der Waals surface area (Å²) in [5, 5.41) is 1.65. The maximum absolute atomic E-state index is 10.7. The van der Waals surface area contributed by atoms with Crippen LogP contribution in [0.5, 0.6) is 0 Å². The molecule has 2 rings (SSSR count). The second-order valence-electron chi connectivity index (χ2n) is 5.82. The lowest BCUT2D eigenvalue weighted by Gasteiger charge is -2.22. The van der Waals surface area contributed by atoms with E-state index in [1.54, 1.807) is 0 Å². The van der Waals surface area contributed by atoms with E-state index in [-0.39, 0.29) is 5.41 Å². The van der Waals surface area contributed by atoms with Crippen molar-refractivity contribution < 1.29 is 4.80 Å². The van der Waals surface area contributed by atoms with Gasteiger partial charge in [0.1, 0.15) is 0 Å². The Morgan fingerprint density at radius 3 is 1.79 bits per heavy atom. The molecule has 19 heavy (non-hydrogen) atoms. The molecule has 0 aromatic heterocycles. The smallest absolute Gasteiger partial charge is 0.352 e. The average molecular weight is 291 g/mol. The zero-order chi connectivity index (χ0) is 14.1. The maximum atomic E-state index is 10.7. The van der Waals surface area contributed by atoms with Gasteiger partial charge in [-0.1, -0.05) is 75.4 Å². The Balaban J connectivity index is 2.37. The van der Waals surface area contributed by atoms with Crippen LogP contribution in [0.1, 0.15) is 26.3 Å². The van der Waals surface area contributed by atoms with Crippen LogP contribution in [-0.2, 0) is 5.41 Å². The predicted octanol–water partition coefficient (Wildman–Crippen LogP) is 2.77. The third-order valence-corrected chi connectivity index (χ3v) is 6.80. The number of benzene rings is 2. The molecule has 0 bridgehead atoms. The summed E-state index contributed by atoms with van der Waals surface area (Å²) in [5.41, 5.74) is 1.35. The van der Waals surface area contributed by atoms with Gasteiger partial charge < -0.3 is 4.80 Å². The molecule has 0 fully saturated rings. The predicted molar refractivity (Wildman–Crippen MR) is 84.7 cm³/mol. The molecule has 0 saturated carbocycles. The minimum atomic E-state index is -3.07. The van der Waals surface area contributed by atoms with E-state index in [2.05, 4.69) is 32.9 Å². The van der Waals surface area contributed by atoms with Crippen molar-refractivity contribution in [1.29, 1.82) is 0 Å². The van der Waals surface area contributed by atoms with Gasteiger partial charge in [-0.05, 0) is 21.4 Å². The zero-order valence-electron chi connectivity index (χ0n) is 11.5. The van der Waals surface area contributed by atoms with Crippen molar-refractivity contribution in [3.05, 3.63) is 60.2 Å². The standard InChI is InChI=1S/C16H19ClOSi/c1-16(2,3)13-9-11-15(12-10-13)19(17,18)14-7-5-4-6-8-14/h4-12,18H,1-3H3. The Bertz CT molecular complexity index is 541. The molecule has 1 N–H and O–H groups in total. The first kappa shape index (κ1) is 14.3. The molecule has 0 aliphatic heterocycles. The topological polar surface area (TPSA) is 20.2 Å². The fraction of sp³-hybridized carbons (Fsp3) is 0.250. The lowest BCUT2D eigenvalue weighted by Crippen LogP contribution is -2.53. The first-order valence-electron chi connectivity index (χ1n) is 6.39. The highest BCUT2D eigenvalue weighted by atomic mass is 35.6. The Hall–Kier alpha value is -1.09. The molecule has 0 amide bonds. The average Bonchev–Trinajstić information content (AvgIpc) is 2.39. The van der Waals surface area contributed by atoms with Crippen molar-refractivity contribution in [2.75, 3.05) is 0 Å². The normalized spacial score (nSPS) is 15.0. The molecule has 0 aliphatic carbocycles. The zero-order valence-corrected chi connectivity index (χ0v) is 13.3. The van der Waals surface area contributed by atoms with Crippen molar-refractivity contribution >= 4 is 29.1 Å². The van der Waals surface area contributed by atoms with Crippen LogP contribution in [0.15, 0.2) is 54.6 Å². The summed E-state index contributed by atoms with van der Waals surface area (Å²) in [7, 11) is -3.07. The number of rotatable bonds is 2. The first-order chi connectivity index (χ1) is 8.82. The van der Waals surface area contributed by atoms with Crippen LogP contribution in [0, 0.1) is 0 Å². The van der Waals surface area contributed by atoms with Gasteiger partial charge in [-0.15, -0.1) is 11.1 Å². The van der Waals surface area contributed by atoms with E-state index >= 15 is 0 Å². The van der Waals surface area contributed by atoms with Crippen LogP contribution in [0.25, 0.3) is 0 Å². The molecule has 0 spiro atoms. The Morgan fingerprint density at radius 2 is 1.32 bits per heavy atom. The molecule has 2 aromatic rings. The van der Waals surface area contributed by atoms with Gasteiger partial charge in [0.15, 0.2) is 0 Å². The van der Waals surface area contributed by atoms with E-state index < -0.39 is 7.63 Å². The molecule has 3 heteroatoms. The fourth-order valence-electron chi connectivity index (χ4n) is 2.02. The summed E-state index contributed by atoms with van der Waals surface area (Å²) in [6.45, 7) is 6.51. The van der Waals surface area contributed by atoms with Crippen LogP contribution >= 0.6 is 11.1 Å². The minimum Gasteiger partial charge on any atom is -0.413 e. The molecular formula is C16H19ClOSi. The Morgan fingerprint density at radius 1 is 0.842 bits per heavy atom. The first-order valence-corrected chi connectivity index (χ1v) is 9.35. The highest BCUT2D eigenvalue weighted by molar-refractivity contribution is 7.30. The van der Waals surface area contributed by atoms with Gasteiger partial charge in [-0.2, -0.15) is 0 Å². The van der Waals surface area contributed by atoms with E-state index in [4.69, 9.17) is 11.1 Å². The van der Waals surface area contributed by atoms with Crippen molar-refractivity contribution in [3.8, 4) is 0 Å². The highest BCUT2D eigenvalue weighted by Crippen LogP contribution is 2.21. The number of halogens is 1. The summed E-state index contributed by atoms with van der Waals surface area (Å²) in [6, 6.07) is 17.5. The summed E-state index contributed by atoms with van der Waals surface area (Å²) in [6.07, 6.45) is 0. The van der Waals surface area contributed by atoms with E-state index in [9.17, 15) is 4.80 Å². The molecule has 1 nitrogen and oxygen atoms in total. The molecule has 100 valence electrons. The van der Waals surface area contributed by atoms with Crippen LogP contribution in [0.4, 0.5) is 0 Å².